The van der Waals surface area contributed by atoms with E-state index in [1.54, 1.807) is 6.20 Å². The molecule has 4 nitrogen and oxygen atoms in total. The molecule has 2 atom stereocenters. The Morgan fingerprint density at radius 2 is 2.07 bits per heavy atom. The molecule has 2 heterocycles. The van der Waals surface area contributed by atoms with Crippen LogP contribution >= 0.6 is 0 Å². The third-order valence-electron chi connectivity index (χ3n) is 2.58. The van der Waals surface area contributed by atoms with Gasteiger partial charge in [-0.05, 0) is 26.0 Å². The normalized spacial score (nSPS) is 26.7. The van der Waals surface area contributed by atoms with Crippen molar-refractivity contribution < 1.29 is 4.74 Å². The van der Waals surface area contributed by atoms with Crippen LogP contribution in [0.3, 0.4) is 0 Å². The summed E-state index contributed by atoms with van der Waals surface area (Å²) < 4.78 is 5.67. The zero-order valence-electron chi connectivity index (χ0n) is 9.18. The molecular formula is C11H17N3O. The second-order valence-corrected chi connectivity index (χ2v) is 4.07. The Bertz CT molecular complexity index is 332. The lowest BCUT2D eigenvalue weighted by Gasteiger charge is -2.37. The van der Waals surface area contributed by atoms with Crippen molar-refractivity contribution in [3.05, 3.63) is 18.3 Å². The summed E-state index contributed by atoms with van der Waals surface area (Å²) in [4.78, 5) is 6.34. The van der Waals surface area contributed by atoms with Gasteiger partial charge in [0.15, 0.2) is 0 Å². The van der Waals surface area contributed by atoms with Crippen LogP contribution in [0.1, 0.15) is 13.8 Å². The molecule has 4 heteroatoms. The predicted molar refractivity (Wildman–Crippen MR) is 60.9 cm³/mol. The summed E-state index contributed by atoms with van der Waals surface area (Å²) in [5.41, 5.74) is 6.86. The van der Waals surface area contributed by atoms with Crippen LogP contribution in [0.4, 0.5) is 11.5 Å². The lowest BCUT2D eigenvalue weighted by atomic mass is 10.2. The summed E-state index contributed by atoms with van der Waals surface area (Å²) in [6.07, 6.45) is 2.20. The van der Waals surface area contributed by atoms with Crippen LogP contribution in [0, 0.1) is 0 Å². The molecule has 1 saturated heterocycles. The van der Waals surface area contributed by atoms with Crippen molar-refractivity contribution in [3.8, 4) is 0 Å². The first kappa shape index (κ1) is 10.2. The van der Waals surface area contributed by atoms with Crippen molar-refractivity contribution in [2.75, 3.05) is 23.7 Å². The molecule has 1 aliphatic heterocycles. The monoisotopic (exact) mass is 207 g/mol. The van der Waals surface area contributed by atoms with E-state index in [4.69, 9.17) is 10.5 Å². The van der Waals surface area contributed by atoms with Crippen molar-refractivity contribution in [1.82, 2.24) is 4.98 Å². The number of aromatic nitrogens is 1. The summed E-state index contributed by atoms with van der Waals surface area (Å²) in [6, 6.07) is 3.92. The zero-order chi connectivity index (χ0) is 10.8. The average molecular weight is 207 g/mol. The largest absolute Gasteiger partial charge is 0.382 e. The quantitative estimate of drug-likeness (QED) is 0.753. The fourth-order valence-corrected chi connectivity index (χ4v) is 2.05. The van der Waals surface area contributed by atoms with E-state index in [2.05, 4.69) is 23.7 Å². The van der Waals surface area contributed by atoms with Gasteiger partial charge < -0.3 is 15.4 Å². The van der Waals surface area contributed by atoms with Crippen LogP contribution in [-0.4, -0.2) is 30.3 Å². The third-order valence-corrected chi connectivity index (χ3v) is 2.58. The third kappa shape index (κ3) is 2.21. The van der Waals surface area contributed by atoms with E-state index in [-0.39, 0.29) is 12.2 Å². The number of rotatable bonds is 1. The van der Waals surface area contributed by atoms with Crippen molar-refractivity contribution in [3.63, 3.8) is 0 Å². The highest BCUT2D eigenvalue weighted by Crippen LogP contribution is 2.24. The Hall–Kier alpha value is -1.29. The maximum atomic E-state index is 5.85. The number of morpholine rings is 1. The smallest absolute Gasteiger partial charge is 0.146 e. The van der Waals surface area contributed by atoms with Crippen LogP contribution in [0.25, 0.3) is 0 Å². The van der Waals surface area contributed by atoms with Crippen molar-refractivity contribution in [2.45, 2.75) is 26.1 Å². The summed E-state index contributed by atoms with van der Waals surface area (Å²) >= 11 is 0. The first-order valence-corrected chi connectivity index (χ1v) is 5.27. The number of hydrogen-bond donors (Lipinski definition) is 1. The van der Waals surface area contributed by atoms with Gasteiger partial charge in [-0.25, -0.2) is 4.98 Å². The molecular weight excluding hydrogens is 190 g/mol. The van der Waals surface area contributed by atoms with E-state index in [0.717, 1.165) is 18.8 Å². The SMILES string of the molecule is C[C@@H]1CN(c2cccnc2N)C[C@H](C)O1. The number of nitrogens with two attached hydrogens (primary N) is 1. The Morgan fingerprint density at radius 1 is 1.40 bits per heavy atom. The Kier molecular flexibility index (Phi) is 2.77. The van der Waals surface area contributed by atoms with Gasteiger partial charge in [-0.3, -0.25) is 0 Å². The van der Waals surface area contributed by atoms with Gasteiger partial charge in [0.05, 0.1) is 17.9 Å². The lowest BCUT2D eigenvalue weighted by Crippen LogP contribution is -2.45. The summed E-state index contributed by atoms with van der Waals surface area (Å²) in [6.45, 7) is 5.91. The average Bonchev–Trinajstić information content (AvgIpc) is 2.16. The topological polar surface area (TPSA) is 51.4 Å². The predicted octanol–water partition coefficient (Wildman–Crippen LogP) is 1.28. The first-order chi connectivity index (χ1) is 7.16. The molecule has 1 aromatic rings. The summed E-state index contributed by atoms with van der Waals surface area (Å²) in [7, 11) is 0. The Balaban J connectivity index is 2.20. The molecule has 1 aromatic heterocycles. The molecule has 82 valence electrons. The number of nitrogen functional groups attached to an aromatic ring is 1. The zero-order valence-corrected chi connectivity index (χ0v) is 9.18. The molecule has 1 aliphatic rings. The molecule has 0 aromatic carbocycles. The van der Waals surface area contributed by atoms with Crippen molar-refractivity contribution >= 4 is 11.5 Å². The molecule has 2 N–H and O–H groups in total. The fraction of sp³-hybridized carbons (Fsp3) is 0.545. The Morgan fingerprint density at radius 3 is 2.67 bits per heavy atom. The van der Waals surface area contributed by atoms with E-state index >= 15 is 0 Å². The molecule has 15 heavy (non-hydrogen) atoms. The number of ether oxygens (including phenoxy) is 1. The van der Waals surface area contributed by atoms with Gasteiger partial charge in [0.2, 0.25) is 0 Å². The van der Waals surface area contributed by atoms with E-state index in [9.17, 15) is 0 Å². The maximum Gasteiger partial charge on any atom is 0.146 e. The van der Waals surface area contributed by atoms with Gasteiger partial charge in [-0.15, -0.1) is 0 Å². The molecule has 0 aliphatic carbocycles. The Labute approximate surface area is 90.0 Å². The second-order valence-electron chi connectivity index (χ2n) is 4.07. The van der Waals surface area contributed by atoms with Gasteiger partial charge in [-0.1, -0.05) is 0 Å². The molecule has 0 amide bonds. The van der Waals surface area contributed by atoms with Gasteiger partial charge in [0.1, 0.15) is 5.82 Å². The number of pyridine rings is 1. The van der Waals surface area contributed by atoms with Gasteiger partial charge in [-0.2, -0.15) is 0 Å². The minimum absolute atomic E-state index is 0.244. The van der Waals surface area contributed by atoms with Crippen LogP contribution in [0.2, 0.25) is 0 Å². The number of hydrogen-bond acceptors (Lipinski definition) is 4. The van der Waals surface area contributed by atoms with Crippen molar-refractivity contribution in [2.24, 2.45) is 0 Å². The van der Waals surface area contributed by atoms with Crippen LogP contribution in [0.5, 0.6) is 0 Å². The van der Waals surface area contributed by atoms with E-state index < -0.39 is 0 Å². The maximum absolute atomic E-state index is 5.85. The molecule has 0 saturated carbocycles. The second kappa shape index (κ2) is 4.06. The number of nitrogens with zero attached hydrogens (tertiary/aromatic N) is 2. The van der Waals surface area contributed by atoms with E-state index in [1.807, 2.05) is 12.1 Å². The molecule has 2 rings (SSSR count). The van der Waals surface area contributed by atoms with E-state index in [1.165, 1.54) is 0 Å². The molecule has 0 spiro atoms. The molecule has 0 unspecified atom stereocenters. The van der Waals surface area contributed by atoms with Crippen LogP contribution in [0.15, 0.2) is 18.3 Å². The highest BCUT2D eigenvalue weighted by atomic mass is 16.5. The minimum Gasteiger partial charge on any atom is -0.382 e. The number of anilines is 2. The molecule has 1 fully saturated rings. The van der Waals surface area contributed by atoms with Crippen LogP contribution < -0.4 is 10.6 Å². The van der Waals surface area contributed by atoms with Crippen LogP contribution in [-0.2, 0) is 4.74 Å². The summed E-state index contributed by atoms with van der Waals surface area (Å²) in [5, 5.41) is 0. The highest BCUT2D eigenvalue weighted by Gasteiger charge is 2.23. The first-order valence-electron chi connectivity index (χ1n) is 5.27. The minimum atomic E-state index is 0.244. The summed E-state index contributed by atoms with van der Waals surface area (Å²) in [5.74, 6) is 0.596. The lowest BCUT2D eigenvalue weighted by molar-refractivity contribution is -0.00518. The molecule has 0 radical (unpaired) electrons. The van der Waals surface area contributed by atoms with Gasteiger partial charge in [0.25, 0.3) is 0 Å². The van der Waals surface area contributed by atoms with Gasteiger partial charge in [0, 0.05) is 19.3 Å². The fourth-order valence-electron chi connectivity index (χ4n) is 2.05. The van der Waals surface area contributed by atoms with Gasteiger partial charge >= 0.3 is 0 Å². The van der Waals surface area contributed by atoms with E-state index in [0.29, 0.717) is 5.82 Å². The van der Waals surface area contributed by atoms with Crippen molar-refractivity contribution in [1.29, 1.82) is 0 Å². The molecule has 0 bridgehead atoms. The standard InChI is InChI=1S/C11H17N3O/c1-8-6-14(7-9(2)15-8)10-4-3-5-13-11(10)12/h3-5,8-9H,6-7H2,1-2H3,(H2,12,13)/t8-,9+. The highest BCUT2D eigenvalue weighted by molar-refractivity contribution is 5.63.